The first kappa shape index (κ1) is 17.1. The molecule has 0 saturated carbocycles. The van der Waals surface area contributed by atoms with E-state index < -0.39 is 0 Å². The lowest BCUT2D eigenvalue weighted by Crippen LogP contribution is -2.35. The topological polar surface area (TPSA) is 46.0 Å². The molecule has 1 aromatic heterocycles. The second-order valence-corrected chi connectivity index (χ2v) is 6.46. The van der Waals surface area contributed by atoms with Crippen LogP contribution in [0.5, 0.6) is 0 Å². The first-order chi connectivity index (χ1) is 9.35. The molecule has 0 aliphatic heterocycles. The van der Waals surface area contributed by atoms with E-state index in [0.29, 0.717) is 6.04 Å². The fraction of sp³-hybridized carbons (Fsp3) is 0.867. The third-order valence-corrected chi connectivity index (χ3v) is 3.62. The summed E-state index contributed by atoms with van der Waals surface area (Å²) in [5.74, 6) is 0. The van der Waals surface area contributed by atoms with Crippen molar-refractivity contribution in [1.29, 1.82) is 0 Å². The Labute approximate surface area is 123 Å². The van der Waals surface area contributed by atoms with Crippen molar-refractivity contribution >= 4 is 0 Å². The highest BCUT2D eigenvalue weighted by atomic mass is 15.4. The maximum atomic E-state index is 4.22. The van der Waals surface area contributed by atoms with Gasteiger partial charge in [-0.25, -0.2) is 0 Å². The van der Waals surface area contributed by atoms with Gasteiger partial charge in [-0.2, -0.15) is 0 Å². The molecule has 0 spiro atoms. The highest BCUT2D eigenvalue weighted by Crippen LogP contribution is 2.04. The van der Waals surface area contributed by atoms with Crippen LogP contribution in [0.15, 0.2) is 6.20 Å². The minimum absolute atomic E-state index is 0.110. The van der Waals surface area contributed by atoms with E-state index in [4.69, 9.17) is 0 Å². The van der Waals surface area contributed by atoms with Crippen molar-refractivity contribution in [1.82, 2.24) is 25.2 Å². The number of aromatic nitrogens is 3. The number of likely N-dealkylation sites (N-methyl/N-ethyl adjacent to an activating group) is 1. The van der Waals surface area contributed by atoms with Crippen molar-refractivity contribution < 1.29 is 0 Å². The van der Waals surface area contributed by atoms with E-state index in [1.54, 1.807) is 0 Å². The molecule has 1 rings (SSSR count). The monoisotopic (exact) mass is 281 g/mol. The molecule has 116 valence electrons. The predicted octanol–water partition coefficient (Wildman–Crippen LogP) is 2.29. The van der Waals surface area contributed by atoms with E-state index in [0.717, 1.165) is 31.9 Å². The molecule has 1 N–H and O–H groups in total. The Bertz CT molecular complexity index is 380. The summed E-state index contributed by atoms with van der Waals surface area (Å²) in [4.78, 5) is 2.48. The Morgan fingerprint density at radius 1 is 1.35 bits per heavy atom. The Morgan fingerprint density at radius 2 is 2.05 bits per heavy atom. The molecule has 1 aromatic rings. The van der Waals surface area contributed by atoms with E-state index in [2.05, 4.69) is 62.1 Å². The molecule has 1 unspecified atom stereocenters. The van der Waals surface area contributed by atoms with E-state index in [9.17, 15) is 0 Å². The standard InChI is InChI=1S/C15H31N5/c1-7-13(3)19(8-2)9-10-20-12-14(17-18-20)11-16-15(4,5)6/h12-13,16H,7-11H2,1-6H3. The molecule has 1 atom stereocenters. The van der Waals surface area contributed by atoms with Gasteiger partial charge in [-0.3, -0.25) is 9.58 Å². The van der Waals surface area contributed by atoms with Crippen molar-refractivity contribution in [2.24, 2.45) is 0 Å². The van der Waals surface area contributed by atoms with Gasteiger partial charge in [-0.05, 0) is 40.7 Å². The molecule has 0 aromatic carbocycles. The summed E-state index contributed by atoms with van der Waals surface area (Å²) in [5, 5.41) is 11.9. The maximum absolute atomic E-state index is 4.22. The van der Waals surface area contributed by atoms with Crippen LogP contribution in [0.3, 0.4) is 0 Å². The fourth-order valence-electron chi connectivity index (χ4n) is 2.06. The molecular weight excluding hydrogens is 250 g/mol. The van der Waals surface area contributed by atoms with Gasteiger partial charge in [0.15, 0.2) is 0 Å². The molecule has 0 amide bonds. The van der Waals surface area contributed by atoms with Crippen LogP contribution in [-0.2, 0) is 13.1 Å². The third kappa shape index (κ3) is 6.01. The summed E-state index contributed by atoms with van der Waals surface area (Å²) in [6, 6.07) is 0.630. The predicted molar refractivity (Wildman–Crippen MR) is 83.6 cm³/mol. The van der Waals surface area contributed by atoms with Crippen molar-refractivity contribution in [2.45, 2.75) is 72.6 Å². The number of nitrogens with zero attached hydrogens (tertiary/aromatic N) is 4. The number of hydrogen-bond acceptors (Lipinski definition) is 4. The average molecular weight is 281 g/mol. The molecule has 0 aliphatic rings. The van der Waals surface area contributed by atoms with Crippen molar-refractivity contribution in [3.63, 3.8) is 0 Å². The van der Waals surface area contributed by atoms with Gasteiger partial charge in [0.25, 0.3) is 0 Å². The number of nitrogens with one attached hydrogen (secondary N) is 1. The van der Waals surface area contributed by atoms with Crippen LogP contribution >= 0.6 is 0 Å². The van der Waals surface area contributed by atoms with Gasteiger partial charge in [0, 0.05) is 30.9 Å². The molecule has 0 bridgehead atoms. The van der Waals surface area contributed by atoms with Crippen molar-refractivity contribution in [3.8, 4) is 0 Å². The largest absolute Gasteiger partial charge is 0.306 e. The smallest absolute Gasteiger partial charge is 0.0965 e. The zero-order valence-corrected chi connectivity index (χ0v) is 14.0. The summed E-state index contributed by atoms with van der Waals surface area (Å²) < 4.78 is 1.95. The molecule has 0 radical (unpaired) electrons. The zero-order chi connectivity index (χ0) is 15.2. The van der Waals surface area contributed by atoms with Gasteiger partial charge < -0.3 is 5.32 Å². The van der Waals surface area contributed by atoms with Crippen molar-refractivity contribution in [3.05, 3.63) is 11.9 Å². The van der Waals surface area contributed by atoms with Gasteiger partial charge in [0.2, 0.25) is 0 Å². The normalized spacial score (nSPS) is 13.9. The SMILES string of the molecule is CCC(C)N(CC)CCn1cc(CNC(C)(C)C)nn1. The lowest BCUT2D eigenvalue weighted by Gasteiger charge is -2.26. The van der Waals surface area contributed by atoms with E-state index in [1.807, 2.05) is 10.9 Å². The van der Waals surface area contributed by atoms with Crippen LogP contribution in [0, 0.1) is 0 Å². The lowest BCUT2D eigenvalue weighted by atomic mass is 10.1. The van der Waals surface area contributed by atoms with Crippen LogP contribution in [0.25, 0.3) is 0 Å². The molecule has 5 nitrogen and oxygen atoms in total. The highest BCUT2D eigenvalue weighted by Gasteiger charge is 2.12. The van der Waals surface area contributed by atoms with Gasteiger partial charge >= 0.3 is 0 Å². The van der Waals surface area contributed by atoms with Gasteiger partial charge in [0.05, 0.1) is 12.2 Å². The fourth-order valence-corrected chi connectivity index (χ4v) is 2.06. The van der Waals surface area contributed by atoms with E-state index in [1.165, 1.54) is 6.42 Å². The lowest BCUT2D eigenvalue weighted by molar-refractivity contribution is 0.203. The second kappa shape index (κ2) is 7.74. The van der Waals surface area contributed by atoms with Crippen molar-refractivity contribution in [2.75, 3.05) is 13.1 Å². The number of rotatable bonds is 8. The summed E-state index contributed by atoms with van der Waals surface area (Å²) in [6.07, 6.45) is 3.23. The summed E-state index contributed by atoms with van der Waals surface area (Å²) in [5.41, 5.74) is 1.12. The Hall–Kier alpha value is -0.940. The summed E-state index contributed by atoms with van der Waals surface area (Å²) in [7, 11) is 0. The quantitative estimate of drug-likeness (QED) is 0.794. The Balaban J connectivity index is 2.43. The van der Waals surface area contributed by atoms with Gasteiger partial charge in [-0.15, -0.1) is 5.10 Å². The van der Waals surface area contributed by atoms with Crippen LogP contribution in [0.1, 0.15) is 53.7 Å². The zero-order valence-electron chi connectivity index (χ0n) is 14.0. The Morgan fingerprint density at radius 3 is 2.60 bits per heavy atom. The highest BCUT2D eigenvalue weighted by molar-refractivity contribution is 4.93. The molecule has 1 heterocycles. The van der Waals surface area contributed by atoms with Crippen LogP contribution in [0.2, 0.25) is 0 Å². The molecule has 20 heavy (non-hydrogen) atoms. The summed E-state index contributed by atoms with van der Waals surface area (Å²) >= 11 is 0. The third-order valence-electron chi connectivity index (χ3n) is 3.62. The van der Waals surface area contributed by atoms with E-state index in [-0.39, 0.29) is 5.54 Å². The number of hydrogen-bond donors (Lipinski definition) is 1. The first-order valence-electron chi connectivity index (χ1n) is 7.73. The molecular formula is C15H31N5. The minimum atomic E-state index is 0.110. The summed E-state index contributed by atoms with van der Waals surface area (Å²) in [6.45, 7) is 17.0. The van der Waals surface area contributed by atoms with E-state index >= 15 is 0 Å². The average Bonchev–Trinajstić information content (AvgIpc) is 2.84. The van der Waals surface area contributed by atoms with Crippen LogP contribution in [0.4, 0.5) is 0 Å². The molecule has 0 fully saturated rings. The van der Waals surface area contributed by atoms with Gasteiger partial charge in [0.1, 0.15) is 0 Å². The van der Waals surface area contributed by atoms with Gasteiger partial charge in [-0.1, -0.05) is 19.1 Å². The molecule has 5 heteroatoms. The molecule has 0 saturated heterocycles. The maximum Gasteiger partial charge on any atom is 0.0965 e. The second-order valence-electron chi connectivity index (χ2n) is 6.46. The first-order valence-corrected chi connectivity index (χ1v) is 7.73. The molecule has 0 aliphatic carbocycles. The Kier molecular flexibility index (Phi) is 6.62. The minimum Gasteiger partial charge on any atom is -0.306 e. The van der Waals surface area contributed by atoms with Crippen LogP contribution < -0.4 is 5.32 Å². The van der Waals surface area contributed by atoms with Crippen LogP contribution in [-0.4, -0.2) is 44.6 Å².